The first-order valence-electron chi connectivity index (χ1n) is 7.43. The van der Waals surface area contributed by atoms with Gasteiger partial charge in [-0.15, -0.1) is 0 Å². The highest BCUT2D eigenvalue weighted by atomic mass is 32.2. The van der Waals surface area contributed by atoms with Crippen LogP contribution in [0.4, 0.5) is 11.4 Å². The van der Waals surface area contributed by atoms with Gasteiger partial charge in [0, 0.05) is 18.7 Å². The van der Waals surface area contributed by atoms with Crippen LogP contribution in [0.5, 0.6) is 0 Å². The summed E-state index contributed by atoms with van der Waals surface area (Å²) in [4.78, 5) is 11.7. The van der Waals surface area contributed by atoms with Crippen molar-refractivity contribution in [2.45, 2.75) is 39.0 Å². The lowest BCUT2D eigenvalue weighted by atomic mass is 10.2. The average Bonchev–Trinajstić information content (AvgIpc) is 2.79. The molecule has 2 rings (SSSR count). The summed E-state index contributed by atoms with van der Waals surface area (Å²) < 4.78 is 25.1. The third kappa shape index (κ3) is 4.20. The second-order valence-electron chi connectivity index (χ2n) is 5.29. The lowest BCUT2D eigenvalue weighted by Gasteiger charge is -2.17. The Morgan fingerprint density at radius 2 is 1.95 bits per heavy atom. The van der Waals surface area contributed by atoms with Gasteiger partial charge in [-0.2, -0.15) is 0 Å². The third-order valence-electron chi connectivity index (χ3n) is 3.55. The van der Waals surface area contributed by atoms with E-state index in [1.54, 1.807) is 24.3 Å². The molecule has 0 unspecified atom stereocenters. The van der Waals surface area contributed by atoms with Crippen molar-refractivity contribution in [2.24, 2.45) is 0 Å². The lowest BCUT2D eigenvalue weighted by Crippen LogP contribution is -2.24. The Hall–Kier alpha value is -1.56. The van der Waals surface area contributed by atoms with Gasteiger partial charge in [0.15, 0.2) is 0 Å². The number of sulfonamides is 1. The van der Waals surface area contributed by atoms with Gasteiger partial charge in [0.05, 0.1) is 11.4 Å². The molecule has 0 atom stereocenters. The number of benzene rings is 1. The molecular weight excluding hydrogens is 288 g/mol. The van der Waals surface area contributed by atoms with E-state index in [0.29, 0.717) is 30.8 Å². The molecule has 1 aliphatic rings. The zero-order chi connectivity index (χ0) is 15.3. The van der Waals surface area contributed by atoms with Gasteiger partial charge in [0.2, 0.25) is 15.9 Å². The first-order chi connectivity index (χ1) is 10.0. The zero-order valence-corrected chi connectivity index (χ0v) is 13.2. The molecule has 1 heterocycles. The van der Waals surface area contributed by atoms with Crippen LogP contribution in [0, 0.1) is 0 Å². The molecule has 1 aromatic rings. The number of amides is 1. The zero-order valence-electron chi connectivity index (χ0n) is 12.3. The summed E-state index contributed by atoms with van der Waals surface area (Å²) in [7, 11) is -3.14. The monoisotopic (exact) mass is 310 g/mol. The molecule has 1 aromatic carbocycles. The molecule has 5 nitrogen and oxygen atoms in total. The van der Waals surface area contributed by atoms with E-state index >= 15 is 0 Å². The van der Waals surface area contributed by atoms with Crippen LogP contribution in [0.15, 0.2) is 24.3 Å². The number of carbonyl (C=O) groups is 1. The molecule has 6 heteroatoms. The number of anilines is 2. The van der Waals surface area contributed by atoms with Crippen molar-refractivity contribution in [1.29, 1.82) is 0 Å². The van der Waals surface area contributed by atoms with Gasteiger partial charge in [-0.25, -0.2) is 8.42 Å². The van der Waals surface area contributed by atoms with Crippen molar-refractivity contribution in [3.8, 4) is 0 Å². The fourth-order valence-electron chi connectivity index (χ4n) is 2.40. The number of carbonyl (C=O) groups excluding carboxylic acids is 1. The first-order valence-corrected chi connectivity index (χ1v) is 9.04. The number of nitrogens with zero attached hydrogens (tertiary/aromatic N) is 1. The van der Waals surface area contributed by atoms with Gasteiger partial charge in [-0.1, -0.05) is 19.8 Å². The van der Waals surface area contributed by atoms with Crippen molar-refractivity contribution in [3.05, 3.63) is 24.3 Å². The first kappa shape index (κ1) is 15.8. The quantitative estimate of drug-likeness (QED) is 0.822. The van der Waals surface area contributed by atoms with Crippen LogP contribution in [0.1, 0.15) is 39.0 Å². The highest BCUT2D eigenvalue weighted by Gasteiger charge is 2.28. The largest absolute Gasteiger partial charge is 0.326 e. The highest BCUT2D eigenvalue weighted by molar-refractivity contribution is 7.93. The molecular formula is C15H22N2O3S. The molecule has 1 amide bonds. The predicted octanol–water partition coefficient (Wildman–Crippen LogP) is 2.75. The minimum atomic E-state index is -3.14. The maximum absolute atomic E-state index is 11.8. The second-order valence-corrected chi connectivity index (χ2v) is 7.31. The Morgan fingerprint density at radius 1 is 1.24 bits per heavy atom. The Balaban J connectivity index is 1.95. The van der Waals surface area contributed by atoms with Crippen LogP contribution in [-0.4, -0.2) is 26.6 Å². The summed E-state index contributed by atoms with van der Waals surface area (Å²) in [5.41, 5.74) is 1.37. The fraction of sp³-hybridized carbons (Fsp3) is 0.533. The van der Waals surface area contributed by atoms with E-state index in [4.69, 9.17) is 0 Å². The van der Waals surface area contributed by atoms with E-state index in [-0.39, 0.29) is 11.7 Å². The highest BCUT2D eigenvalue weighted by Crippen LogP contribution is 2.25. The van der Waals surface area contributed by atoms with Crippen molar-refractivity contribution < 1.29 is 13.2 Å². The SMILES string of the molecule is CCCCCC(=O)Nc1ccc(N2CCCS2(=O)=O)cc1. The van der Waals surface area contributed by atoms with E-state index in [9.17, 15) is 13.2 Å². The minimum Gasteiger partial charge on any atom is -0.326 e. The molecule has 0 spiro atoms. The lowest BCUT2D eigenvalue weighted by molar-refractivity contribution is -0.116. The number of hydrogen-bond donors (Lipinski definition) is 1. The Morgan fingerprint density at radius 3 is 2.52 bits per heavy atom. The molecule has 0 aliphatic carbocycles. The molecule has 1 N–H and O–H groups in total. The van der Waals surface area contributed by atoms with E-state index in [1.807, 2.05) is 0 Å². The van der Waals surface area contributed by atoms with Crippen LogP contribution < -0.4 is 9.62 Å². The molecule has 0 saturated carbocycles. The van der Waals surface area contributed by atoms with Crippen molar-refractivity contribution >= 4 is 27.3 Å². The fourth-order valence-corrected chi connectivity index (χ4v) is 3.96. The van der Waals surface area contributed by atoms with Gasteiger partial charge in [-0.05, 0) is 37.1 Å². The number of nitrogens with one attached hydrogen (secondary N) is 1. The van der Waals surface area contributed by atoms with Crippen LogP contribution in [0.25, 0.3) is 0 Å². The maximum Gasteiger partial charge on any atom is 0.235 e. The van der Waals surface area contributed by atoms with Crippen LogP contribution >= 0.6 is 0 Å². The Labute approximate surface area is 126 Å². The van der Waals surface area contributed by atoms with Crippen LogP contribution in [0.3, 0.4) is 0 Å². The topological polar surface area (TPSA) is 66.5 Å². The summed E-state index contributed by atoms with van der Waals surface area (Å²) in [5, 5.41) is 2.83. The second kappa shape index (κ2) is 6.93. The van der Waals surface area contributed by atoms with E-state index in [1.165, 1.54) is 4.31 Å². The molecule has 0 bridgehead atoms. The summed E-state index contributed by atoms with van der Waals surface area (Å²) in [6.45, 7) is 2.63. The van der Waals surface area contributed by atoms with Gasteiger partial charge >= 0.3 is 0 Å². The van der Waals surface area contributed by atoms with Crippen molar-refractivity contribution in [1.82, 2.24) is 0 Å². The Kier molecular flexibility index (Phi) is 5.22. The molecule has 116 valence electrons. The molecule has 21 heavy (non-hydrogen) atoms. The number of hydrogen-bond acceptors (Lipinski definition) is 3. The summed E-state index contributed by atoms with van der Waals surface area (Å²) in [5.74, 6) is 0.216. The smallest absolute Gasteiger partial charge is 0.235 e. The average molecular weight is 310 g/mol. The maximum atomic E-state index is 11.8. The molecule has 1 aliphatic heterocycles. The standard InChI is InChI=1S/C15H22N2O3S/c1-2-3-4-6-15(18)16-13-7-9-14(10-8-13)17-11-5-12-21(17,19)20/h7-10H,2-6,11-12H2,1H3,(H,16,18). The Bertz CT molecular complexity index is 581. The van der Waals surface area contributed by atoms with Crippen molar-refractivity contribution in [2.75, 3.05) is 21.9 Å². The molecule has 1 fully saturated rings. The van der Waals surface area contributed by atoms with Gasteiger partial charge in [0.1, 0.15) is 0 Å². The van der Waals surface area contributed by atoms with Gasteiger partial charge in [0.25, 0.3) is 0 Å². The third-order valence-corrected chi connectivity index (χ3v) is 5.42. The van der Waals surface area contributed by atoms with Gasteiger partial charge < -0.3 is 5.32 Å². The van der Waals surface area contributed by atoms with Gasteiger partial charge in [-0.3, -0.25) is 9.10 Å². The normalized spacial score (nSPS) is 16.9. The number of unbranched alkanes of at least 4 members (excludes halogenated alkanes) is 2. The molecule has 0 aromatic heterocycles. The van der Waals surface area contributed by atoms with E-state index in [0.717, 1.165) is 19.3 Å². The van der Waals surface area contributed by atoms with Crippen molar-refractivity contribution in [3.63, 3.8) is 0 Å². The minimum absolute atomic E-state index is 0.00462. The summed E-state index contributed by atoms with van der Waals surface area (Å²) in [6.07, 6.45) is 4.23. The van der Waals surface area contributed by atoms with E-state index < -0.39 is 10.0 Å². The number of rotatable bonds is 6. The van der Waals surface area contributed by atoms with Crippen LogP contribution in [-0.2, 0) is 14.8 Å². The molecule has 0 radical (unpaired) electrons. The van der Waals surface area contributed by atoms with E-state index in [2.05, 4.69) is 12.2 Å². The summed E-state index contributed by atoms with van der Waals surface area (Å²) >= 11 is 0. The predicted molar refractivity (Wildman–Crippen MR) is 85.0 cm³/mol. The molecule has 1 saturated heterocycles. The van der Waals surface area contributed by atoms with Crippen LogP contribution in [0.2, 0.25) is 0 Å². The summed E-state index contributed by atoms with van der Waals surface area (Å²) in [6, 6.07) is 6.98.